The van der Waals surface area contributed by atoms with Gasteiger partial charge in [0.1, 0.15) is 0 Å². The Kier molecular flexibility index (Phi) is 4.32. The van der Waals surface area contributed by atoms with Gasteiger partial charge in [-0.15, -0.1) is 0 Å². The van der Waals surface area contributed by atoms with Crippen molar-refractivity contribution in [1.29, 1.82) is 0 Å². The first-order chi connectivity index (χ1) is 9.77. The molecule has 1 heterocycles. The lowest BCUT2D eigenvalue weighted by molar-refractivity contribution is -0.137. The van der Waals surface area contributed by atoms with E-state index in [1.807, 2.05) is 4.90 Å². The summed E-state index contributed by atoms with van der Waals surface area (Å²) in [7, 11) is 0. The highest BCUT2D eigenvalue weighted by atomic mass is 16.3. The molecule has 2 N–H and O–H groups in total. The summed E-state index contributed by atoms with van der Waals surface area (Å²) in [6.07, 6.45) is 9.43. The molecule has 0 aromatic carbocycles. The van der Waals surface area contributed by atoms with Crippen LogP contribution in [0, 0.1) is 11.3 Å². The van der Waals surface area contributed by atoms with Crippen LogP contribution in [0.25, 0.3) is 0 Å². The van der Waals surface area contributed by atoms with Crippen LogP contribution in [-0.4, -0.2) is 48.2 Å². The zero-order chi connectivity index (χ0) is 14.0. The average Bonchev–Trinajstić information content (AvgIpc) is 3.19. The second kappa shape index (κ2) is 6.02. The number of nitrogens with zero attached hydrogens (tertiary/aromatic N) is 1. The Labute approximate surface area is 121 Å². The van der Waals surface area contributed by atoms with Crippen molar-refractivity contribution in [2.75, 3.05) is 26.2 Å². The van der Waals surface area contributed by atoms with Gasteiger partial charge in [0.2, 0.25) is 5.91 Å². The predicted molar refractivity (Wildman–Crippen MR) is 78.3 cm³/mol. The first-order valence-electron chi connectivity index (χ1n) is 8.39. The quantitative estimate of drug-likeness (QED) is 0.821. The molecule has 1 saturated heterocycles. The number of hydrogen-bond acceptors (Lipinski definition) is 3. The highest BCUT2D eigenvalue weighted by Gasteiger charge is 2.58. The molecule has 0 aromatic heterocycles. The summed E-state index contributed by atoms with van der Waals surface area (Å²) in [5, 5.41) is 12.7. The second-order valence-electron chi connectivity index (χ2n) is 6.92. The van der Waals surface area contributed by atoms with Gasteiger partial charge in [-0.2, -0.15) is 0 Å². The monoisotopic (exact) mass is 280 g/mol. The molecular formula is C16H28N2O2. The third-order valence-electron chi connectivity index (χ3n) is 5.73. The molecule has 3 aliphatic rings. The number of carbonyl (C=O) groups is 1. The molecule has 0 radical (unpaired) electrons. The maximum atomic E-state index is 12.9. The average molecular weight is 280 g/mol. The van der Waals surface area contributed by atoms with Crippen LogP contribution in [0.2, 0.25) is 0 Å². The largest absolute Gasteiger partial charge is 0.395 e. The fraction of sp³-hybridized carbons (Fsp3) is 0.938. The zero-order valence-corrected chi connectivity index (χ0v) is 12.4. The number of hydrogen-bond donors (Lipinski definition) is 2. The van der Waals surface area contributed by atoms with Gasteiger partial charge >= 0.3 is 0 Å². The van der Waals surface area contributed by atoms with Crippen LogP contribution in [0.15, 0.2) is 0 Å². The molecule has 4 nitrogen and oxygen atoms in total. The SMILES string of the molecule is O=C([C@H]1CC12CCNCC2)N(CCO)C1CCCCC1. The topological polar surface area (TPSA) is 52.6 Å². The molecule has 1 atom stereocenters. The Balaban J connectivity index is 1.63. The number of piperidine rings is 1. The third kappa shape index (κ3) is 2.73. The number of nitrogens with one attached hydrogen (secondary N) is 1. The molecule has 0 unspecified atom stereocenters. The summed E-state index contributed by atoms with van der Waals surface area (Å²) in [4.78, 5) is 14.9. The molecule has 20 heavy (non-hydrogen) atoms. The fourth-order valence-electron chi connectivity index (χ4n) is 4.35. The summed E-state index contributed by atoms with van der Waals surface area (Å²) in [5.41, 5.74) is 0.310. The van der Waals surface area contributed by atoms with Crippen LogP contribution in [0.1, 0.15) is 51.4 Å². The number of carbonyl (C=O) groups excluding carboxylic acids is 1. The van der Waals surface area contributed by atoms with Crippen molar-refractivity contribution in [3.63, 3.8) is 0 Å². The number of amides is 1. The smallest absolute Gasteiger partial charge is 0.226 e. The molecule has 0 aromatic rings. The summed E-state index contributed by atoms with van der Waals surface area (Å²) < 4.78 is 0. The van der Waals surface area contributed by atoms with E-state index in [-0.39, 0.29) is 12.5 Å². The summed E-state index contributed by atoms with van der Waals surface area (Å²) in [5.74, 6) is 0.589. The Morgan fingerprint density at radius 3 is 2.55 bits per heavy atom. The van der Waals surface area contributed by atoms with Crippen molar-refractivity contribution in [3.05, 3.63) is 0 Å². The fourth-order valence-corrected chi connectivity index (χ4v) is 4.35. The first-order valence-corrected chi connectivity index (χ1v) is 8.39. The van der Waals surface area contributed by atoms with Gasteiger partial charge < -0.3 is 15.3 Å². The maximum absolute atomic E-state index is 12.9. The standard InChI is InChI=1S/C16H28N2O2/c19-11-10-18(13-4-2-1-3-5-13)15(20)14-12-16(14)6-8-17-9-7-16/h13-14,17,19H,1-12H2/t14-/m1/s1. The molecule has 1 aliphatic heterocycles. The predicted octanol–water partition coefficient (Wildman–Crippen LogP) is 1.53. The molecule has 0 bridgehead atoms. The maximum Gasteiger partial charge on any atom is 0.226 e. The van der Waals surface area contributed by atoms with E-state index in [4.69, 9.17) is 0 Å². The van der Waals surface area contributed by atoms with E-state index in [2.05, 4.69) is 5.32 Å². The highest BCUT2D eigenvalue weighted by Crippen LogP contribution is 2.59. The van der Waals surface area contributed by atoms with Crippen LogP contribution in [0.3, 0.4) is 0 Å². The molecule has 1 spiro atoms. The Morgan fingerprint density at radius 1 is 1.20 bits per heavy atom. The van der Waals surface area contributed by atoms with E-state index < -0.39 is 0 Å². The second-order valence-corrected chi connectivity index (χ2v) is 6.92. The summed E-state index contributed by atoms with van der Waals surface area (Å²) in [6.45, 7) is 2.76. The molecule has 3 rings (SSSR count). The van der Waals surface area contributed by atoms with E-state index in [1.54, 1.807) is 0 Å². The Morgan fingerprint density at radius 2 is 1.90 bits per heavy atom. The van der Waals surface area contributed by atoms with Crippen LogP contribution in [-0.2, 0) is 4.79 Å². The van der Waals surface area contributed by atoms with Gasteiger partial charge in [-0.3, -0.25) is 4.79 Å². The van der Waals surface area contributed by atoms with Crippen molar-refractivity contribution >= 4 is 5.91 Å². The van der Waals surface area contributed by atoms with Crippen LogP contribution in [0.5, 0.6) is 0 Å². The van der Waals surface area contributed by atoms with Gasteiger partial charge in [-0.05, 0) is 50.6 Å². The van der Waals surface area contributed by atoms with E-state index in [0.29, 0.717) is 23.9 Å². The molecular weight excluding hydrogens is 252 g/mol. The van der Waals surface area contributed by atoms with Gasteiger partial charge in [-0.1, -0.05) is 19.3 Å². The molecule has 2 aliphatic carbocycles. The summed E-state index contributed by atoms with van der Waals surface area (Å²) in [6, 6.07) is 0.391. The molecule has 1 amide bonds. The first kappa shape index (κ1) is 14.3. The van der Waals surface area contributed by atoms with Gasteiger partial charge in [0, 0.05) is 18.5 Å². The van der Waals surface area contributed by atoms with Crippen molar-refractivity contribution < 1.29 is 9.90 Å². The molecule has 2 saturated carbocycles. The van der Waals surface area contributed by atoms with Crippen molar-refractivity contribution in [1.82, 2.24) is 10.2 Å². The molecule has 3 fully saturated rings. The van der Waals surface area contributed by atoms with Crippen molar-refractivity contribution in [2.45, 2.75) is 57.4 Å². The lowest BCUT2D eigenvalue weighted by Crippen LogP contribution is -2.45. The lowest BCUT2D eigenvalue weighted by atomic mass is 9.90. The molecule has 4 heteroatoms. The van der Waals surface area contributed by atoms with Crippen LogP contribution >= 0.6 is 0 Å². The Bertz CT molecular complexity index is 346. The Hall–Kier alpha value is -0.610. The minimum absolute atomic E-state index is 0.101. The zero-order valence-electron chi connectivity index (χ0n) is 12.4. The van der Waals surface area contributed by atoms with Gasteiger partial charge in [0.05, 0.1) is 6.61 Å². The van der Waals surface area contributed by atoms with Crippen LogP contribution in [0.4, 0.5) is 0 Å². The van der Waals surface area contributed by atoms with Gasteiger partial charge in [0.25, 0.3) is 0 Å². The van der Waals surface area contributed by atoms with Crippen molar-refractivity contribution in [2.24, 2.45) is 11.3 Å². The number of aliphatic hydroxyl groups excluding tert-OH is 1. The van der Waals surface area contributed by atoms with Gasteiger partial charge in [-0.25, -0.2) is 0 Å². The lowest BCUT2D eigenvalue weighted by Gasteiger charge is -2.35. The van der Waals surface area contributed by atoms with Crippen molar-refractivity contribution in [3.8, 4) is 0 Å². The van der Waals surface area contributed by atoms with E-state index in [0.717, 1.165) is 45.2 Å². The van der Waals surface area contributed by atoms with Gasteiger partial charge in [0.15, 0.2) is 0 Å². The normalized spacial score (nSPS) is 29.4. The highest BCUT2D eigenvalue weighted by molar-refractivity contribution is 5.83. The minimum Gasteiger partial charge on any atom is -0.395 e. The van der Waals surface area contributed by atoms with E-state index in [9.17, 15) is 9.90 Å². The number of rotatable bonds is 4. The molecule has 114 valence electrons. The van der Waals surface area contributed by atoms with Crippen LogP contribution < -0.4 is 5.32 Å². The van der Waals surface area contributed by atoms with E-state index in [1.165, 1.54) is 19.3 Å². The third-order valence-corrected chi connectivity index (χ3v) is 5.73. The minimum atomic E-state index is 0.101. The number of aliphatic hydroxyl groups is 1. The van der Waals surface area contributed by atoms with E-state index >= 15 is 0 Å². The summed E-state index contributed by atoms with van der Waals surface area (Å²) >= 11 is 0.